The smallest absolute Gasteiger partial charge is 0.410 e. The molecule has 3 rings (SSSR count). The molecule has 0 spiro atoms. The molecular weight excluding hydrogens is 344 g/mol. The molecule has 1 aromatic heterocycles. The lowest BCUT2D eigenvalue weighted by molar-refractivity contribution is -0.136. The quantitative estimate of drug-likeness (QED) is 0.754. The zero-order chi connectivity index (χ0) is 19.6. The van der Waals surface area contributed by atoms with Crippen molar-refractivity contribution < 1.29 is 19.1 Å². The zero-order valence-corrected chi connectivity index (χ0v) is 16.1. The predicted octanol–water partition coefficient (Wildman–Crippen LogP) is 3.80. The van der Waals surface area contributed by atoms with Crippen molar-refractivity contribution in [3.63, 3.8) is 0 Å². The number of pyridine rings is 1. The van der Waals surface area contributed by atoms with Crippen molar-refractivity contribution >= 4 is 28.5 Å². The lowest BCUT2D eigenvalue weighted by Gasteiger charge is -2.32. The van der Waals surface area contributed by atoms with Crippen molar-refractivity contribution in [3.8, 4) is 0 Å². The molecule has 6 heteroatoms. The Morgan fingerprint density at radius 1 is 1.15 bits per heavy atom. The number of esters is 1. The molecule has 2 heterocycles. The number of methoxy groups -OCH3 is 1. The Bertz CT molecular complexity index is 907. The second-order valence-electron chi connectivity index (χ2n) is 7.48. The van der Waals surface area contributed by atoms with Gasteiger partial charge in [-0.1, -0.05) is 18.2 Å². The van der Waals surface area contributed by atoms with Gasteiger partial charge >= 0.3 is 12.1 Å². The summed E-state index contributed by atoms with van der Waals surface area (Å²) in [5.74, 6) is -0.431. The van der Waals surface area contributed by atoms with Gasteiger partial charge in [0.2, 0.25) is 0 Å². The number of aromatic nitrogens is 1. The van der Waals surface area contributed by atoms with E-state index in [1.807, 2.05) is 51.1 Å². The van der Waals surface area contributed by atoms with E-state index in [4.69, 9.17) is 9.47 Å². The number of carbonyl (C=O) groups is 2. The third-order valence-corrected chi connectivity index (χ3v) is 4.40. The third-order valence-electron chi connectivity index (χ3n) is 4.40. The minimum atomic E-state index is -0.589. The fourth-order valence-corrected chi connectivity index (χ4v) is 3.22. The van der Waals surface area contributed by atoms with Crippen LogP contribution in [0.15, 0.2) is 42.1 Å². The Balaban J connectivity index is 2.02. The predicted molar refractivity (Wildman–Crippen MR) is 103 cm³/mol. The number of carbonyl (C=O) groups excluding carboxylic acids is 2. The van der Waals surface area contributed by atoms with Crippen molar-refractivity contribution in [2.75, 3.05) is 20.2 Å². The maximum absolute atomic E-state index is 12.5. The van der Waals surface area contributed by atoms with Crippen LogP contribution in [0.25, 0.3) is 16.5 Å². The molecule has 0 saturated carbocycles. The Kier molecular flexibility index (Phi) is 5.17. The molecule has 6 nitrogen and oxygen atoms in total. The number of hydrogen-bond donors (Lipinski definition) is 0. The molecule has 1 aliphatic heterocycles. The van der Waals surface area contributed by atoms with E-state index in [9.17, 15) is 9.59 Å². The van der Waals surface area contributed by atoms with Gasteiger partial charge in [0.05, 0.1) is 24.7 Å². The lowest BCUT2D eigenvalue weighted by atomic mass is 9.91. The first kappa shape index (κ1) is 18.9. The van der Waals surface area contributed by atoms with Crippen LogP contribution in [-0.4, -0.2) is 47.7 Å². The highest BCUT2D eigenvalue weighted by atomic mass is 16.6. The Labute approximate surface area is 158 Å². The summed E-state index contributed by atoms with van der Waals surface area (Å²) < 4.78 is 10.4. The summed E-state index contributed by atoms with van der Waals surface area (Å²) in [7, 11) is 1.35. The monoisotopic (exact) mass is 368 g/mol. The van der Waals surface area contributed by atoms with Crippen LogP contribution in [0.1, 0.15) is 32.8 Å². The SMILES string of the molecule is COC(=O)C1=C(c2cccc3ncccc23)CCN(C(=O)OC(C)(C)C)C1. The summed E-state index contributed by atoms with van der Waals surface area (Å²) in [5, 5.41) is 0.974. The first-order valence-electron chi connectivity index (χ1n) is 8.92. The van der Waals surface area contributed by atoms with Crippen molar-refractivity contribution in [1.82, 2.24) is 9.88 Å². The number of hydrogen-bond acceptors (Lipinski definition) is 5. The van der Waals surface area contributed by atoms with E-state index in [0.29, 0.717) is 18.5 Å². The molecule has 27 heavy (non-hydrogen) atoms. The standard InChI is InChI=1S/C21H24N2O4/c1-21(2,3)27-20(25)23-12-10-15(17(13-23)19(24)26-4)14-7-5-9-18-16(14)8-6-11-22-18/h5-9,11H,10,12-13H2,1-4H3. The summed E-state index contributed by atoms with van der Waals surface area (Å²) in [4.78, 5) is 30.8. The van der Waals surface area contributed by atoms with Gasteiger partial charge in [-0.3, -0.25) is 4.98 Å². The highest BCUT2D eigenvalue weighted by Crippen LogP contribution is 2.33. The first-order chi connectivity index (χ1) is 12.8. The van der Waals surface area contributed by atoms with E-state index in [1.54, 1.807) is 11.1 Å². The molecule has 1 aromatic carbocycles. The van der Waals surface area contributed by atoms with Gasteiger partial charge in [0, 0.05) is 18.1 Å². The molecule has 1 amide bonds. The Morgan fingerprint density at radius 3 is 2.63 bits per heavy atom. The molecule has 1 aliphatic rings. The fraction of sp³-hybridized carbons (Fsp3) is 0.381. The van der Waals surface area contributed by atoms with Gasteiger partial charge in [0.15, 0.2) is 0 Å². The highest BCUT2D eigenvalue weighted by Gasteiger charge is 2.31. The van der Waals surface area contributed by atoms with Crippen molar-refractivity contribution in [2.24, 2.45) is 0 Å². The number of rotatable bonds is 2. The second-order valence-corrected chi connectivity index (χ2v) is 7.48. The van der Waals surface area contributed by atoms with Crippen molar-refractivity contribution in [3.05, 3.63) is 47.7 Å². The second kappa shape index (κ2) is 7.39. The van der Waals surface area contributed by atoms with Crippen LogP contribution < -0.4 is 0 Å². The normalized spacial score (nSPS) is 15.0. The van der Waals surface area contributed by atoms with Crippen LogP contribution >= 0.6 is 0 Å². The van der Waals surface area contributed by atoms with E-state index in [-0.39, 0.29) is 6.54 Å². The summed E-state index contributed by atoms with van der Waals surface area (Å²) in [6, 6.07) is 9.70. The summed E-state index contributed by atoms with van der Waals surface area (Å²) in [6.45, 7) is 6.09. The summed E-state index contributed by atoms with van der Waals surface area (Å²) in [5.41, 5.74) is 2.59. The van der Waals surface area contributed by atoms with Gasteiger partial charge in [0.25, 0.3) is 0 Å². The highest BCUT2D eigenvalue weighted by molar-refractivity contribution is 6.03. The molecule has 0 unspecified atom stereocenters. The maximum Gasteiger partial charge on any atom is 0.410 e. The molecule has 2 aromatic rings. The fourth-order valence-electron chi connectivity index (χ4n) is 3.22. The minimum Gasteiger partial charge on any atom is -0.466 e. The third kappa shape index (κ3) is 4.10. The first-order valence-corrected chi connectivity index (χ1v) is 8.92. The van der Waals surface area contributed by atoms with Gasteiger partial charge < -0.3 is 14.4 Å². The average molecular weight is 368 g/mol. The molecule has 0 fully saturated rings. The molecule has 142 valence electrons. The van der Waals surface area contributed by atoms with Crippen LogP contribution in [0.2, 0.25) is 0 Å². The van der Waals surface area contributed by atoms with Crippen molar-refractivity contribution in [2.45, 2.75) is 32.8 Å². The Hall–Kier alpha value is -2.89. The van der Waals surface area contributed by atoms with E-state index in [2.05, 4.69) is 4.98 Å². The number of ether oxygens (including phenoxy) is 2. The van der Waals surface area contributed by atoms with Gasteiger partial charge in [-0.25, -0.2) is 9.59 Å². The molecule has 0 bridgehead atoms. The van der Waals surface area contributed by atoms with Gasteiger partial charge in [-0.2, -0.15) is 0 Å². The van der Waals surface area contributed by atoms with Crippen molar-refractivity contribution in [1.29, 1.82) is 0 Å². The van der Waals surface area contributed by atoms with Crippen LogP contribution in [0.4, 0.5) is 4.79 Å². The van der Waals surface area contributed by atoms with E-state index in [0.717, 1.165) is 22.0 Å². The van der Waals surface area contributed by atoms with Gasteiger partial charge in [0.1, 0.15) is 5.60 Å². The molecule has 0 saturated heterocycles. The van der Waals surface area contributed by atoms with Crippen LogP contribution in [0, 0.1) is 0 Å². The number of benzene rings is 1. The van der Waals surface area contributed by atoms with E-state index >= 15 is 0 Å². The molecule has 0 radical (unpaired) electrons. The summed E-state index contributed by atoms with van der Waals surface area (Å²) in [6.07, 6.45) is 1.85. The maximum atomic E-state index is 12.5. The van der Waals surface area contributed by atoms with Crippen LogP contribution in [-0.2, 0) is 14.3 Å². The van der Waals surface area contributed by atoms with Crippen LogP contribution in [0.3, 0.4) is 0 Å². The number of fused-ring (bicyclic) bond motifs is 1. The van der Waals surface area contributed by atoms with E-state index in [1.165, 1.54) is 7.11 Å². The van der Waals surface area contributed by atoms with Gasteiger partial charge in [-0.05, 0) is 50.5 Å². The summed E-state index contributed by atoms with van der Waals surface area (Å²) >= 11 is 0. The van der Waals surface area contributed by atoms with Gasteiger partial charge in [-0.15, -0.1) is 0 Å². The Morgan fingerprint density at radius 2 is 1.93 bits per heavy atom. The molecule has 0 aliphatic carbocycles. The number of nitrogens with zero attached hydrogens (tertiary/aromatic N) is 2. The molecule has 0 N–H and O–H groups in total. The molecular formula is C21H24N2O4. The topological polar surface area (TPSA) is 68.7 Å². The zero-order valence-electron chi connectivity index (χ0n) is 16.1. The molecule has 0 atom stereocenters. The van der Waals surface area contributed by atoms with Crippen LogP contribution in [0.5, 0.6) is 0 Å². The minimum absolute atomic E-state index is 0.160. The number of amides is 1. The lowest BCUT2D eigenvalue weighted by Crippen LogP contribution is -2.41. The average Bonchev–Trinajstić information content (AvgIpc) is 2.65. The largest absolute Gasteiger partial charge is 0.466 e. The van der Waals surface area contributed by atoms with E-state index < -0.39 is 17.7 Å².